The van der Waals surface area contributed by atoms with Gasteiger partial charge in [-0.2, -0.15) is 10.1 Å². The average Bonchev–Trinajstić information content (AvgIpc) is 3.16. The van der Waals surface area contributed by atoms with E-state index in [4.69, 9.17) is 21.1 Å². The van der Waals surface area contributed by atoms with Gasteiger partial charge in [-0.1, -0.05) is 23.4 Å². The van der Waals surface area contributed by atoms with Crippen LogP contribution in [0.25, 0.3) is 16.6 Å². The van der Waals surface area contributed by atoms with Gasteiger partial charge in [-0.05, 0) is 42.5 Å². The van der Waals surface area contributed by atoms with E-state index in [1.54, 1.807) is 36.4 Å². The fourth-order valence-electron chi connectivity index (χ4n) is 3.03. The fraction of sp³-hybridized carbons (Fsp3) is 0.0500. The molecule has 144 valence electrons. The quantitative estimate of drug-likeness (QED) is 0.482. The number of hydrogen-bond donors (Lipinski definition) is 0. The summed E-state index contributed by atoms with van der Waals surface area (Å²) in [6, 6.07) is 13.0. The van der Waals surface area contributed by atoms with Crippen LogP contribution in [0, 0.1) is 5.82 Å². The lowest BCUT2D eigenvalue weighted by Gasteiger charge is -2.10. The van der Waals surface area contributed by atoms with E-state index in [1.807, 2.05) is 0 Å². The first-order valence-electron chi connectivity index (χ1n) is 8.50. The molecule has 0 unspecified atom stereocenters. The van der Waals surface area contributed by atoms with Gasteiger partial charge < -0.3 is 9.47 Å². The lowest BCUT2D eigenvalue weighted by atomic mass is 10.1. The first-order chi connectivity index (χ1) is 14.1. The smallest absolute Gasteiger partial charge is 0.281 e. The Bertz CT molecular complexity index is 1310. The van der Waals surface area contributed by atoms with E-state index in [0.717, 1.165) is 4.90 Å². The number of aromatic nitrogens is 3. The van der Waals surface area contributed by atoms with E-state index in [9.17, 15) is 9.18 Å². The predicted molar refractivity (Wildman–Crippen MR) is 106 cm³/mol. The minimum absolute atomic E-state index is 0.105. The van der Waals surface area contributed by atoms with Crippen molar-refractivity contribution in [1.82, 2.24) is 14.6 Å². The number of nitrogens with zero attached hydrogens (tertiary/aromatic N) is 3. The van der Waals surface area contributed by atoms with Crippen molar-refractivity contribution in [2.24, 2.45) is 0 Å². The zero-order valence-electron chi connectivity index (χ0n) is 14.6. The Balaban J connectivity index is 1.61. The van der Waals surface area contributed by atoms with Crippen molar-refractivity contribution in [3.05, 3.63) is 76.1 Å². The van der Waals surface area contributed by atoms with Gasteiger partial charge in [0.2, 0.25) is 6.79 Å². The highest BCUT2D eigenvalue weighted by Gasteiger charge is 2.21. The lowest BCUT2D eigenvalue weighted by molar-refractivity contribution is 0.174. The summed E-state index contributed by atoms with van der Waals surface area (Å²) in [6.45, 7) is 0.105. The molecule has 0 N–H and O–H groups in total. The molecular formula is C20H11ClFN3O3S. The van der Waals surface area contributed by atoms with Gasteiger partial charge in [-0.25, -0.2) is 8.91 Å². The second-order valence-corrected chi connectivity index (χ2v) is 7.67. The SMILES string of the molecule is O=c1ncn2nc(Sc3ccc(F)cc3)ccc2c1-c1cc2c(cc1Cl)OCO2. The first-order valence-corrected chi connectivity index (χ1v) is 9.69. The van der Waals surface area contributed by atoms with Gasteiger partial charge in [-0.15, -0.1) is 0 Å². The van der Waals surface area contributed by atoms with Gasteiger partial charge in [-0.3, -0.25) is 4.79 Å². The van der Waals surface area contributed by atoms with E-state index >= 15 is 0 Å². The van der Waals surface area contributed by atoms with Crippen molar-refractivity contribution in [1.29, 1.82) is 0 Å². The van der Waals surface area contributed by atoms with Crippen molar-refractivity contribution in [3.8, 4) is 22.6 Å². The Labute approximate surface area is 172 Å². The van der Waals surface area contributed by atoms with Gasteiger partial charge in [0.1, 0.15) is 17.2 Å². The summed E-state index contributed by atoms with van der Waals surface area (Å²) in [6.07, 6.45) is 1.36. The fourth-order valence-corrected chi connectivity index (χ4v) is 4.05. The second kappa shape index (κ2) is 7.06. The number of rotatable bonds is 3. The van der Waals surface area contributed by atoms with Gasteiger partial charge >= 0.3 is 0 Å². The highest BCUT2D eigenvalue weighted by Crippen LogP contribution is 2.41. The standard InChI is InChI=1S/C20H11ClFN3O3S/c21-14-8-17-16(27-10-28-17)7-13(14)19-15-5-6-18(24-25(15)9-23-20(19)26)29-12-3-1-11(22)2-4-12/h1-9H,10H2. The molecule has 2 aromatic heterocycles. The zero-order chi connectivity index (χ0) is 20.0. The Morgan fingerprint density at radius 2 is 1.83 bits per heavy atom. The van der Waals surface area contributed by atoms with Crippen LogP contribution < -0.4 is 15.0 Å². The summed E-state index contributed by atoms with van der Waals surface area (Å²) < 4.78 is 25.3. The summed E-state index contributed by atoms with van der Waals surface area (Å²) in [5.74, 6) is 0.748. The topological polar surface area (TPSA) is 65.7 Å². The molecular weight excluding hydrogens is 417 g/mol. The van der Waals surface area contributed by atoms with Gasteiger partial charge in [0.05, 0.1) is 16.1 Å². The Morgan fingerprint density at radius 3 is 2.62 bits per heavy atom. The van der Waals surface area contributed by atoms with Gasteiger partial charge in [0.25, 0.3) is 5.56 Å². The number of benzene rings is 2. The number of ether oxygens (including phenoxy) is 2. The largest absolute Gasteiger partial charge is 0.454 e. The molecule has 5 rings (SSSR count). The monoisotopic (exact) mass is 427 g/mol. The molecule has 0 bridgehead atoms. The van der Waals surface area contributed by atoms with Crippen molar-refractivity contribution < 1.29 is 13.9 Å². The number of hydrogen-bond acceptors (Lipinski definition) is 6. The van der Waals surface area contributed by atoms with Crippen molar-refractivity contribution in [2.75, 3.05) is 6.79 Å². The summed E-state index contributed by atoms with van der Waals surface area (Å²) >= 11 is 7.77. The zero-order valence-corrected chi connectivity index (χ0v) is 16.2. The highest BCUT2D eigenvalue weighted by molar-refractivity contribution is 7.99. The third kappa shape index (κ3) is 3.30. The van der Waals surface area contributed by atoms with Crippen LogP contribution in [0.4, 0.5) is 4.39 Å². The van der Waals surface area contributed by atoms with Gasteiger partial charge in [0, 0.05) is 16.5 Å². The molecule has 0 amide bonds. The molecule has 1 aliphatic rings. The summed E-state index contributed by atoms with van der Waals surface area (Å²) in [5.41, 5.74) is 0.939. The molecule has 29 heavy (non-hydrogen) atoms. The number of halogens is 2. The molecule has 0 spiro atoms. The van der Waals surface area contributed by atoms with Crippen LogP contribution in [0.1, 0.15) is 0 Å². The maximum Gasteiger partial charge on any atom is 0.281 e. The van der Waals surface area contributed by atoms with E-state index in [0.29, 0.717) is 38.2 Å². The Morgan fingerprint density at radius 1 is 1.07 bits per heavy atom. The lowest BCUT2D eigenvalue weighted by Crippen LogP contribution is -2.13. The third-order valence-electron chi connectivity index (χ3n) is 4.36. The molecule has 0 radical (unpaired) electrons. The molecule has 4 aromatic rings. The molecule has 6 nitrogen and oxygen atoms in total. The predicted octanol–water partition coefficient (Wildman–Crippen LogP) is 4.43. The highest BCUT2D eigenvalue weighted by atomic mass is 35.5. The molecule has 1 aliphatic heterocycles. The van der Waals surface area contributed by atoms with Crippen molar-refractivity contribution >= 4 is 28.9 Å². The molecule has 0 atom stereocenters. The molecule has 0 fully saturated rings. The van der Waals surface area contributed by atoms with E-state index in [2.05, 4.69) is 10.1 Å². The van der Waals surface area contributed by atoms with Crippen LogP contribution in [0.2, 0.25) is 5.02 Å². The summed E-state index contributed by atoms with van der Waals surface area (Å²) in [4.78, 5) is 17.3. The maximum atomic E-state index is 13.1. The molecule has 0 aliphatic carbocycles. The summed E-state index contributed by atoms with van der Waals surface area (Å²) in [5, 5.41) is 5.52. The van der Waals surface area contributed by atoms with E-state index in [-0.39, 0.29) is 12.6 Å². The van der Waals surface area contributed by atoms with Crippen LogP contribution in [0.15, 0.2) is 69.6 Å². The second-order valence-electron chi connectivity index (χ2n) is 6.17. The molecule has 0 saturated carbocycles. The Kier molecular flexibility index (Phi) is 4.37. The molecule has 2 aromatic carbocycles. The minimum Gasteiger partial charge on any atom is -0.454 e. The van der Waals surface area contributed by atoms with Crippen LogP contribution >= 0.6 is 23.4 Å². The van der Waals surface area contributed by atoms with Crippen LogP contribution in [-0.2, 0) is 0 Å². The Hall–Kier alpha value is -3.10. The van der Waals surface area contributed by atoms with E-state index in [1.165, 1.54) is 34.7 Å². The first kappa shape index (κ1) is 18.0. The van der Waals surface area contributed by atoms with E-state index < -0.39 is 5.56 Å². The normalized spacial score (nSPS) is 12.5. The molecule has 3 heterocycles. The molecule has 0 saturated heterocycles. The van der Waals surface area contributed by atoms with Crippen molar-refractivity contribution in [3.63, 3.8) is 0 Å². The average molecular weight is 428 g/mol. The third-order valence-corrected chi connectivity index (χ3v) is 5.61. The summed E-state index contributed by atoms with van der Waals surface area (Å²) in [7, 11) is 0. The number of fused-ring (bicyclic) bond motifs is 2. The van der Waals surface area contributed by atoms with Crippen LogP contribution in [0.5, 0.6) is 11.5 Å². The minimum atomic E-state index is -0.425. The van der Waals surface area contributed by atoms with Crippen LogP contribution in [0.3, 0.4) is 0 Å². The van der Waals surface area contributed by atoms with Crippen molar-refractivity contribution in [2.45, 2.75) is 9.92 Å². The van der Waals surface area contributed by atoms with Gasteiger partial charge in [0.15, 0.2) is 11.5 Å². The van der Waals surface area contributed by atoms with Crippen LogP contribution in [-0.4, -0.2) is 21.4 Å². The maximum absolute atomic E-state index is 13.1. The molecule has 9 heteroatoms.